The molecule has 0 spiro atoms. The fraction of sp³-hybridized carbons (Fsp3) is 0.941. The molecule has 1 unspecified atom stereocenters. The van der Waals surface area contributed by atoms with Gasteiger partial charge >= 0.3 is 11.9 Å². The van der Waals surface area contributed by atoms with Crippen LogP contribution in [0.4, 0.5) is 0 Å². The molecule has 23 heavy (non-hydrogen) atoms. The maximum absolute atomic E-state index is 10.7. The summed E-state index contributed by atoms with van der Waals surface area (Å²) in [6, 6.07) is 0. The van der Waals surface area contributed by atoms with E-state index in [1.807, 2.05) is 0 Å². The Hall–Kier alpha value is -0.690. The predicted molar refractivity (Wildman–Crippen MR) is 87.8 cm³/mol. The highest BCUT2D eigenvalue weighted by Gasteiger charge is 2.39. The number of rotatable bonds is 16. The molecule has 0 aliphatic carbocycles. The van der Waals surface area contributed by atoms with Crippen LogP contribution in [0.2, 0.25) is 0 Å². The predicted octanol–water partition coefficient (Wildman–Crippen LogP) is 2.79. The van der Waals surface area contributed by atoms with Gasteiger partial charge in [0, 0.05) is 6.61 Å². The van der Waals surface area contributed by atoms with Gasteiger partial charge in [-0.25, -0.2) is 4.79 Å². The van der Waals surface area contributed by atoms with Crippen LogP contribution >= 0.6 is 0 Å². The molecular weight excluding hydrogens is 300 g/mol. The van der Waals surface area contributed by atoms with Gasteiger partial charge in [-0.3, -0.25) is 0 Å². The average molecular weight is 334 g/mol. The Morgan fingerprint density at radius 1 is 0.826 bits per heavy atom. The topological polar surface area (TPSA) is 107 Å². The molecule has 0 fully saturated rings. The van der Waals surface area contributed by atoms with E-state index in [-0.39, 0.29) is 6.61 Å². The molecule has 0 radical (unpaired) electrons. The van der Waals surface area contributed by atoms with Crippen molar-refractivity contribution in [3.8, 4) is 0 Å². The first-order chi connectivity index (χ1) is 10.9. The van der Waals surface area contributed by atoms with Gasteiger partial charge in [0.05, 0.1) is 0 Å². The largest absolute Gasteiger partial charge is 0.479 e. The van der Waals surface area contributed by atoms with Crippen molar-refractivity contribution in [1.82, 2.24) is 0 Å². The van der Waals surface area contributed by atoms with E-state index >= 15 is 0 Å². The highest BCUT2D eigenvalue weighted by atomic mass is 16.7. The van der Waals surface area contributed by atoms with Crippen LogP contribution in [0.1, 0.15) is 84.0 Å². The molecule has 0 saturated carbocycles. The lowest BCUT2D eigenvalue weighted by molar-refractivity contribution is -0.355. The number of carboxylic acid groups (broad SMARTS) is 1. The smallest absolute Gasteiger partial charge is 0.341 e. The molecular formula is C17H34O6. The molecule has 0 aromatic heterocycles. The van der Waals surface area contributed by atoms with E-state index in [9.17, 15) is 4.79 Å². The fourth-order valence-electron chi connectivity index (χ4n) is 2.49. The third kappa shape index (κ3) is 13.4. The van der Waals surface area contributed by atoms with Crippen LogP contribution in [-0.2, 0) is 9.53 Å². The highest BCUT2D eigenvalue weighted by Crippen LogP contribution is 2.13. The summed E-state index contributed by atoms with van der Waals surface area (Å²) in [5, 5.41) is 35.2. The van der Waals surface area contributed by atoms with E-state index in [0.29, 0.717) is 6.42 Å². The number of unbranched alkanes of at least 4 members (excludes halogenated alkanes) is 11. The number of aliphatic carboxylic acids is 1. The summed E-state index contributed by atoms with van der Waals surface area (Å²) in [5.74, 6) is -4.94. The quantitative estimate of drug-likeness (QED) is 0.255. The van der Waals surface area contributed by atoms with Crippen LogP contribution in [-0.4, -0.2) is 45.1 Å². The fourth-order valence-corrected chi connectivity index (χ4v) is 2.49. The van der Waals surface area contributed by atoms with E-state index in [4.69, 9.17) is 25.2 Å². The molecule has 4 N–H and O–H groups in total. The Balaban J connectivity index is 3.38. The maximum Gasteiger partial charge on any atom is 0.341 e. The summed E-state index contributed by atoms with van der Waals surface area (Å²) in [7, 11) is 0. The zero-order valence-corrected chi connectivity index (χ0v) is 14.4. The average Bonchev–Trinajstić information content (AvgIpc) is 2.46. The number of hydrogen-bond acceptors (Lipinski definition) is 5. The standard InChI is InChI=1S/C17H34O6/c1-2-3-4-5-6-7-8-9-10-11-12-13-14-23-15(16(18)19)17(20,21)22/h15,20-22H,2-14H2,1H3,(H,18,19). The summed E-state index contributed by atoms with van der Waals surface area (Å²) in [5.41, 5.74) is 0. The number of aliphatic hydroxyl groups is 3. The van der Waals surface area contributed by atoms with Gasteiger partial charge in [-0.1, -0.05) is 77.6 Å². The van der Waals surface area contributed by atoms with E-state index in [0.717, 1.165) is 19.3 Å². The van der Waals surface area contributed by atoms with Gasteiger partial charge in [0.2, 0.25) is 6.10 Å². The van der Waals surface area contributed by atoms with Gasteiger partial charge in [-0.15, -0.1) is 0 Å². The Morgan fingerprint density at radius 3 is 1.57 bits per heavy atom. The Morgan fingerprint density at radius 2 is 1.22 bits per heavy atom. The van der Waals surface area contributed by atoms with E-state index in [2.05, 4.69) is 6.92 Å². The summed E-state index contributed by atoms with van der Waals surface area (Å²) in [6.45, 7) is 2.30. The highest BCUT2D eigenvalue weighted by molar-refractivity contribution is 5.73. The van der Waals surface area contributed by atoms with Crippen LogP contribution < -0.4 is 0 Å². The van der Waals surface area contributed by atoms with Gasteiger partial charge in [0.1, 0.15) is 0 Å². The third-order valence-corrected chi connectivity index (χ3v) is 3.86. The molecule has 0 aromatic rings. The minimum Gasteiger partial charge on any atom is -0.479 e. The molecule has 0 aliphatic rings. The second kappa shape index (κ2) is 13.7. The second-order valence-corrected chi connectivity index (χ2v) is 6.17. The van der Waals surface area contributed by atoms with Gasteiger partial charge in [-0.05, 0) is 6.42 Å². The van der Waals surface area contributed by atoms with Gasteiger partial charge in [0.25, 0.3) is 0 Å². The van der Waals surface area contributed by atoms with Crippen molar-refractivity contribution in [3.05, 3.63) is 0 Å². The molecule has 0 saturated heterocycles. The molecule has 6 heteroatoms. The minimum atomic E-state index is -3.34. The molecule has 138 valence electrons. The third-order valence-electron chi connectivity index (χ3n) is 3.86. The first-order valence-corrected chi connectivity index (χ1v) is 8.91. The zero-order chi connectivity index (χ0) is 17.6. The van der Waals surface area contributed by atoms with Gasteiger partial charge < -0.3 is 25.2 Å². The van der Waals surface area contributed by atoms with Crippen LogP contribution in [0.5, 0.6) is 0 Å². The first-order valence-electron chi connectivity index (χ1n) is 8.91. The van der Waals surface area contributed by atoms with Crippen LogP contribution in [0.25, 0.3) is 0 Å². The van der Waals surface area contributed by atoms with E-state index in [1.165, 1.54) is 51.4 Å². The van der Waals surface area contributed by atoms with Crippen molar-refractivity contribution < 1.29 is 30.0 Å². The first kappa shape index (κ1) is 22.3. The lowest BCUT2D eigenvalue weighted by atomic mass is 10.1. The molecule has 0 aliphatic heterocycles. The lowest BCUT2D eigenvalue weighted by Gasteiger charge is -2.22. The van der Waals surface area contributed by atoms with Crippen molar-refractivity contribution in [2.45, 2.75) is 96.1 Å². The van der Waals surface area contributed by atoms with Crippen LogP contribution in [0.15, 0.2) is 0 Å². The van der Waals surface area contributed by atoms with Crippen LogP contribution in [0.3, 0.4) is 0 Å². The van der Waals surface area contributed by atoms with Crippen molar-refractivity contribution in [3.63, 3.8) is 0 Å². The number of hydrogen-bond donors (Lipinski definition) is 4. The summed E-state index contributed by atoms with van der Waals surface area (Å²) < 4.78 is 4.81. The molecule has 0 heterocycles. The van der Waals surface area contributed by atoms with Crippen molar-refractivity contribution in [2.75, 3.05) is 6.61 Å². The Labute approximate surface area is 139 Å². The molecule has 0 aromatic carbocycles. The number of ether oxygens (including phenoxy) is 1. The van der Waals surface area contributed by atoms with Gasteiger partial charge in [0.15, 0.2) is 0 Å². The summed E-state index contributed by atoms with van der Waals surface area (Å²) >= 11 is 0. The SMILES string of the molecule is CCCCCCCCCCCCCCOC(C(=O)O)C(O)(O)O. The molecule has 0 rings (SSSR count). The molecule has 0 bridgehead atoms. The van der Waals surface area contributed by atoms with E-state index in [1.54, 1.807) is 0 Å². The van der Waals surface area contributed by atoms with Gasteiger partial charge in [-0.2, -0.15) is 0 Å². The summed E-state index contributed by atoms with van der Waals surface area (Å²) in [6.07, 6.45) is 12.2. The number of carboxylic acids is 1. The molecule has 6 nitrogen and oxygen atoms in total. The van der Waals surface area contributed by atoms with Crippen molar-refractivity contribution in [1.29, 1.82) is 0 Å². The maximum atomic E-state index is 10.7. The molecule has 1 atom stereocenters. The van der Waals surface area contributed by atoms with Crippen LogP contribution in [0, 0.1) is 0 Å². The molecule has 0 amide bonds. The monoisotopic (exact) mass is 334 g/mol. The normalized spacial score (nSPS) is 13.2. The minimum absolute atomic E-state index is 0.0812. The lowest BCUT2D eigenvalue weighted by Crippen LogP contribution is -2.48. The second-order valence-electron chi connectivity index (χ2n) is 6.17. The van der Waals surface area contributed by atoms with Crippen molar-refractivity contribution in [2.24, 2.45) is 0 Å². The Bertz CT molecular complexity index is 287. The Kier molecular flexibility index (Phi) is 13.3. The zero-order valence-electron chi connectivity index (χ0n) is 14.4. The van der Waals surface area contributed by atoms with E-state index < -0.39 is 18.0 Å². The number of carbonyl (C=O) groups is 1. The summed E-state index contributed by atoms with van der Waals surface area (Å²) in [4.78, 5) is 10.7. The van der Waals surface area contributed by atoms with Crippen molar-refractivity contribution >= 4 is 5.97 Å².